The molecule has 288 valence electrons. The van der Waals surface area contributed by atoms with Gasteiger partial charge in [-0.05, 0) is 120 Å². The third-order valence-electron chi connectivity index (χ3n) is 13.6. The summed E-state index contributed by atoms with van der Waals surface area (Å²) in [5, 5.41) is 0. The van der Waals surface area contributed by atoms with E-state index in [0.717, 1.165) is 36.3 Å². The van der Waals surface area contributed by atoms with Gasteiger partial charge in [0.15, 0.2) is 0 Å². The fourth-order valence-electron chi connectivity index (χ4n) is 11.9. The van der Waals surface area contributed by atoms with E-state index in [2.05, 4.69) is 114 Å². The Kier molecular flexibility index (Phi) is 10.9. The molecule has 3 aromatic carbocycles. The predicted molar refractivity (Wildman–Crippen MR) is 219 cm³/mol. The number of alkyl halides is 3. The van der Waals surface area contributed by atoms with Gasteiger partial charge in [-0.25, -0.2) is 11.1 Å². The van der Waals surface area contributed by atoms with E-state index < -0.39 is 11.7 Å². The van der Waals surface area contributed by atoms with Gasteiger partial charge >= 0.3 is 34.6 Å². The minimum absolute atomic E-state index is 0.0340. The first-order chi connectivity index (χ1) is 25.9. The van der Waals surface area contributed by atoms with Crippen LogP contribution in [-0.4, -0.2) is 4.21 Å². The summed E-state index contributed by atoms with van der Waals surface area (Å²) in [4.78, 5) is 0. The maximum absolute atomic E-state index is 11.8. The number of fused-ring (bicyclic) bond motifs is 5. The fourth-order valence-corrected chi connectivity index (χ4v) is 11.9. The van der Waals surface area contributed by atoms with Crippen molar-refractivity contribution in [3.05, 3.63) is 129 Å². The molecule has 1 atom stereocenters. The Labute approximate surface area is 343 Å². The van der Waals surface area contributed by atoms with E-state index in [1.807, 2.05) is 0 Å². The first kappa shape index (κ1) is 40.4. The van der Waals surface area contributed by atoms with Crippen LogP contribution in [-0.2, 0) is 47.7 Å². The summed E-state index contributed by atoms with van der Waals surface area (Å²) >= 11 is 1.30. The summed E-state index contributed by atoms with van der Waals surface area (Å²) < 4.78 is 38.7. The third-order valence-corrected chi connectivity index (χ3v) is 13.6. The van der Waals surface area contributed by atoms with Gasteiger partial charge in [0, 0.05) is 5.41 Å². The Morgan fingerprint density at radius 1 is 0.764 bits per heavy atom. The fraction of sp³-hybridized carbons (Fsp3) is 0.471. The molecule has 4 heteroatoms. The summed E-state index contributed by atoms with van der Waals surface area (Å²) in [5.74, 6) is 3.82. The summed E-state index contributed by atoms with van der Waals surface area (Å²) in [6, 6.07) is 16.8. The SMILES string of the molecule is CC1=[C-]C(C)(C)c2cc3c(cc21)-c1cc2c(cc1C3)C(C)(C)C=C2C.CC1=[C-]C(C)C=C1CC12CC3CC(CC(C3)C1)C2.FC(F)(F)c1cc[c-]cc1.[CH2]=[Zr]. The molecule has 1 unspecified atom stereocenters. The van der Waals surface area contributed by atoms with Crippen molar-refractivity contribution in [3.8, 4) is 11.1 Å². The number of rotatable bonds is 2. The second kappa shape index (κ2) is 14.8. The van der Waals surface area contributed by atoms with Gasteiger partial charge in [-0.2, -0.15) is 60.7 Å². The molecule has 0 aromatic heterocycles. The average Bonchev–Trinajstić information content (AvgIpc) is 3.77. The zero-order valence-electron chi connectivity index (χ0n) is 34.1. The number of allylic oxidation sites excluding steroid dienone is 8. The van der Waals surface area contributed by atoms with E-state index in [9.17, 15) is 13.2 Å². The van der Waals surface area contributed by atoms with Crippen molar-refractivity contribution in [1.29, 1.82) is 0 Å². The van der Waals surface area contributed by atoms with Crippen LogP contribution in [0.3, 0.4) is 0 Å². The Morgan fingerprint density at radius 3 is 1.82 bits per heavy atom. The Balaban J connectivity index is 0.000000135. The molecule has 0 spiro atoms. The first-order valence-corrected chi connectivity index (χ1v) is 22.0. The van der Waals surface area contributed by atoms with Crippen LogP contribution in [0.2, 0.25) is 0 Å². The second-order valence-corrected chi connectivity index (χ2v) is 18.8. The van der Waals surface area contributed by atoms with Gasteiger partial charge in [-0.1, -0.05) is 90.0 Å². The van der Waals surface area contributed by atoms with Gasteiger partial charge in [-0.15, -0.1) is 11.6 Å². The van der Waals surface area contributed by atoms with Crippen LogP contribution in [0.5, 0.6) is 0 Å². The minimum atomic E-state index is -4.23. The molecule has 8 aliphatic rings. The molecule has 0 saturated heterocycles. The van der Waals surface area contributed by atoms with Gasteiger partial charge in [0.2, 0.25) is 0 Å². The van der Waals surface area contributed by atoms with E-state index in [1.54, 1.807) is 44.1 Å². The van der Waals surface area contributed by atoms with Crippen LogP contribution < -0.4 is 0 Å². The number of benzene rings is 3. The van der Waals surface area contributed by atoms with E-state index in [-0.39, 0.29) is 10.8 Å². The first-order valence-electron chi connectivity index (χ1n) is 20.3. The van der Waals surface area contributed by atoms with Crippen LogP contribution in [0.15, 0.2) is 71.8 Å². The topological polar surface area (TPSA) is 0 Å². The molecule has 0 aliphatic heterocycles. The molecular weight excluding hydrogens is 761 g/mol. The number of hydrogen-bond acceptors (Lipinski definition) is 0. The molecule has 0 radical (unpaired) electrons. The molecule has 4 bridgehead atoms. The van der Waals surface area contributed by atoms with E-state index >= 15 is 0 Å². The molecule has 11 rings (SSSR count). The molecule has 0 amide bonds. The Morgan fingerprint density at radius 2 is 1.31 bits per heavy atom. The van der Waals surface area contributed by atoms with E-state index in [0.29, 0.717) is 11.3 Å². The molecule has 0 heterocycles. The van der Waals surface area contributed by atoms with Crippen molar-refractivity contribution in [3.63, 3.8) is 0 Å². The van der Waals surface area contributed by atoms with Crippen LogP contribution in [0.4, 0.5) is 13.2 Å². The molecule has 8 aliphatic carbocycles. The van der Waals surface area contributed by atoms with Gasteiger partial charge in [-0.3, -0.25) is 12.2 Å². The van der Waals surface area contributed by atoms with Crippen LogP contribution in [0.1, 0.15) is 139 Å². The predicted octanol–water partition coefficient (Wildman–Crippen LogP) is 13.8. The van der Waals surface area contributed by atoms with Crippen molar-refractivity contribution in [2.75, 3.05) is 0 Å². The molecule has 55 heavy (non-hydrogen) atoms. The van der Waals surface area contributed by atoms with Gasteiger partial charge in [0.1, 0.15) is 0 Å². The Bertz CT molecular complexity index is 1980. The zero-order chi connectivity index (χ0) is 39.7. The van der Waals surface area contributed by atoms with Crippen molar-refractivity contribution in [1.82, 2.24) is 0 Å². The summed E-state index contributed by atoms with van der Waals surface area (Å²) in [5.41, 5.74) is 17.7. The van der Waals surface area contributed by atoms with Crippen molar-refractivity contribution in [2.24, 2.45) is 29.1 Å². The van der Waals surface area contributed by atoms with E-state index in [1.165, 1.54) is 104 Å². The zero-order valence-corrected chi connectivity index (χ0v) is 36.5. The summed E-state index contributed by atoms with van der Waals surface area (Å²) in [6.07, 6.45) is 19.7. The molecule has 0 N–H and O–H groups in total. The van der Waals surface area contributed by atoms with Crippen molar-refractivity contribution < 1.29 is 37.4 Å². The van der Waals surface area contributed by atoms with Gasteiger partial charge in [0.25, 0.3) is 0 Å². The van der Waals surface area contributed by atoms with Crippen LogP contribution in [0, 0.1) is 47.3 Å². The number of halogens is 3. The second-order valence-electron chi connectivity index (χ2n) is 18.8. The quantitative estimate of drug-likeness (QED) is 0.177. The van der Waals surface area contributed by atoms with Gasteiger partial charge in [0.05, 0.1) is 0 Å². The molecule has 4 saturated carbocycles. The molecule has 4 fully saturated rings. The van der Waals surface area contributed by atoms with Crippen LogP contribution >= 0.6 is 0 Å². The van der Waals surface area contributed by atoms with Crippen molar-refractivity contribution in [2.45, 2.75) is 124 Å². The average molecular weight is 817 g/mol. The monoisotopic (exact) mass is 815 g/mol. The standard InChI is InChI=1S/C25H25.C18H25.C7H4F3.CH2.Zr/c1-14-12-24(3,4)22-8-16-7-17-9-23-19(15(2)13-25(23,5)6)11-21(17)20(16)10-18(14)22;1-12-3-13(2)17(4-12)11-18-8-14-5-15(9-18)7-16(6-14)10-18;8-7(9,10)6-4-2-1-3-5-6;;/h8-12H,7H2,1-6H3;4,12,14-16H,5-11H2,1-2H3;2-5H;1H2;/q3*-1;;. The summed E-state index contributed by atoms with van der Waals surface area (Å²) in [7, 11) is 0. The third kappa shape index (κ3) is 7.89. The maximum atomic E-state index is 11.8. The molecule has 0 nitrogen and oxygen atoms in total. The summed E-state index contributed by atoms with van der Waals surface area (Å²) in [6.45, 7) is 18.2. The molecular formula is C51H56F3Zr-3. The van der Waals surface area contributed by atoms with Crippen LogP contribution in [0.25, 0.3) is 22.3 Å². The van der Waals surface area contributed by atoms with E-state index in [4.69, 9.17) is 0 Å². The Hall–Kier alpha value is -2.84. The van der Waals surface area contributed by atoms with Crippen molar-refractivity contribution >= 4 is 15.4 Å². The normalized spacial score (nSPS) is 27.7. The van der Waals surface area contributed by atoms with Gasteiger partial charge < -0.3 is 0 Å². The molecule has 3 aromatic rings. The number of hydrogen-bond donors (Lipinski definition) is 0.